The Bertz CT molecular complexity index is 714. The maximum absolute atomic E-state index is 14.4. The molecule has 0 radical (unpaired) electrons. The molecule has 1 aliphatic heterocycles. The molecule has 0 aliphatic carbocycles. The highest BCUT2D eigenvalue weighted by atomic mass is 19.3. The number of hydrogen-bond donors (Lipinski definition) is 1. The Morgan fingerprint density at radius 2 is 1.82 bits per heavy atom. The molecule has 0 fully saturated rings. The van der Waals surface area contributed by atoms with Gasteiger partial charge in [-0.05, 0) is 24.1 Å². The van der Waals surface area contributed by atoms with Crippen LogP contribution >= 0.6 is 0 Å². The smallest absolute Gasteiger partial charge is 0.352 e. The molecule has 0 saturated carbocycles. The number of alkyl halides is 2. The standard InChI is InChI=1S/C17H15F2NO2/c1-11(21)13-8-5-9-14-15(13)17(18,19)16(22)20(14)10-12-6-3-2-4-7-12/h2-9,11,21H,10H2,1H3. The van der Waals surface area contributed by atoms with E-state index in [0.717, 1.165) is 10.5 Å². The monoisotopic (exact) mass is 303 g/mol. The zero-order valence-electron chi connectivity index (χ0n) is 12.0. The summed E-state index contributed by atoms with van der Waals surface area (Å²) < 4.78 is 28.8. The van der Waals surface area contributed by atoms with Crippen LogP contribution in [0.15, 0.2) is 48.5 Å². The summed E-state index contributed by atoms with van der Waals surface area (Å²) in [6.45, 7) is 1.49. The lowest BCUT2D eigenvalue weighted by Gasteiger charge is -2.17. The van der Waals surface area contributed by atoms with Crippen molar-refractivity contribution in [3.63, 3.8) is 0 Å². The second kappa shape index (κ2) is 5.18. The van der Waals surface area contributed by atoms with Gasteiger partial charge in [-0.15, -0.1) is 0 Å². The van der Waals surface area contributed by atoms with Crippen LogP contribution in [0.3, 0.4) is 0 Å². The molecule has 1 N–H and O–H groups in total. The molecule has 0 aromatic heterocycles. The summed E-state index contributed by atoms with van der Waals surface area (Å²) in [7, 11) is 0. The van der Waals surface area contributed by atoms with Crippen molar-refractivity contribution in [2.45, 2.75) is 25.5 Å². The summed E-state index contributed by atoms with van der Waals surface area (Å²) in [4.78, 5) is 13.2. The van der Waals surface area contributed by atoms with E-state index >= 15 is 0 Å². The maximum Gasteiger partial charge on any atom is 0.352 e. The lowest BCUT2D eigenvalue weighted by Crippen LogP contribution is -2.34. The molecule has 0 saturated heterocycles. The van der Waals surface area contributed by atoms with Crippen molar-refractivity contribution in [1.82, 2.24) is 0 Å². The summed E-state index contributed by atoms with van der Waals surface area (Å²) in [5.74, 6) is -4.86. The molecule has 2 aromatic rings. The van der Waals surface area contributed by atoms with E-state index in [9.17, 15) is 18.7 Å². The Balaban J connectivity index is 2.09. The van der Waals surface area contributed by atoms with E-state index in [-0.39, 0.29) is 23.4 Å². The first-order valence-corrected chi connectivity index (χ1v) is 6.98. The zero-order chi connectivity index (χ0) is 15.9. The van der Waals surface area contributed by atoms with Gasteiger partial charge in [0.25, 0.3) is 0 Å². The third-order valence-corrected chi connectivity index (χ3v) is 3.83. The van der Waals surface area contributed by atoms with Gasteiger partial charge >= 0.3 is 11.8 Å². The highest BCUT2D eigenvalue weighted by Crippen LogP contribution is 2.47. The van der Waals surface area contributed by atoms with Gasteiger partial charge in [0.1, 0.15) is 0 Å². The van der Waals surface area contributed by atoms with E-state index in [0.29, 0.717) is 0 Å². The normalized spacial score (nSPS) is 17.5. The fourth-order valence-electron chi connectivity index (χ4n) is 2.78. The van der Waals surface area contributed by atoms with E-state index in [1.807, 2.05) is 6.07 Å². The first-order valence-electron chi connectivity index (χ1n) is 6.98. The number of aliphatic hydroxyl groups excluding tert-OH is 1. The third kappa shape index (κ3) is 2.18. The van der Waals surface area contributed by atoms with E-state index in [2.05, 4.69) is 0 Å². The maximum atomic E-state index is 14.4. The van der Waals surface area contributed by atoms with Crippen LogP contribution in [0.25, 0.3) is 0 Å². The van der Waals surface area contributed by atoms with Crippen LogP contribution < -0.4 is 4.90 Å². The molecule has 2 aromatic carbocycles. The van der Waals surface area contributed by atoms with Crippen LogP contribution in [0.5, 0.6) is 0 Å². The van der Waals surface area contributed by atoms with E-state index < -0.39 is 17.9 Å². The number of carbonyl (C=O) groups excluding carboxylic acids is 1. The van der Waals surface area contributed by atoms with Gasteiger partial charge in [0.05, 0.1) is 23.9 Å². The summed E-state index contributed by atoms with van der Waals surface area (Å²) in [5.41, 5.74) is 0.636. The van der Waals surface area contributed by atoms with Crippen molar-refractivity contribution >= 4 is 11.6 Å². The molecule has 0 spiro atoms. The van der Waals surface area contributed by atoms with Crippen molar-refractivity contribution in [3.8, 4) is 0 Å². The van der Waals surface area contributed by atoms with Crippen LogP contribution in [0.2, 0.25) is 0 Å². The van der Waals surface area contributed by atoms with Crippen molar-refractivity contribution in [2.75, 3.05) is 4.90 Å². The highest BCUT2D eigenvalue weighted by Gasteiger charge is 2.54. The van der Waals surface area contributed by atoms with Gasteiger partial charge in [0.2, 0.25) is 0 Å². The van der Waals surface area contributed by atoms with Crippen molar-refractivity contribution < 1.29 is 18.7 Å². The molecule has 114 valence electrons. The number of rotatable bonds is 3. The second-order valence-corrected chi connectivity index (χ2v) is 5.37. The van der Waals surface area contributed by atoms with Gasteiger partial charge in [0, 0.05) is 0 Å². The molecular formula is C17H15F2NO2. The second-order valence-electron chi connectivity index (χ2n) is 5.37. The van der Waals surface area contributed by atoms with Gasteiger partial charge in [-0.25, -0.2) is 0 Å². The van der Waals surface area contributed by atoms with Gasteiger partial charge in [-0.3, -0.25) is 4.79 Å². The number of nitrogens with zero attached hydrogens (tertiary/aromatic N) is 1. The SMILES string of the molecule is CC(O)c1cccc2c1C(F)(F)C(=O)N2Cc1ccccc1. The number of hydrogen-bond acceptors (Lipinski definition) is 2. The first kappa shape index (κ1) is 14.7. The topological polar surface area (TPSA) is 40.5 Å². The van der Waals surface area contributed by atoms with Crippen LogP contribution in [0.1, 0.15) is 29.7 Å². The van der Waals surface area contributed by atoms with Crippen molar-refractivity contribution in [1.29, 1.82) is 0 Å². The largest absolute Gasteiger partial charge is 0.389 e. The Kier molecular flexibility index (Phi) is 3.45. The van der Waals surface area contributed by atoms with Gasteiger partial charge in [0.15, 0.2) is 0 Å². The number of halogens is 2. The van der Waals surface area contributed by atoms with Crippen LogP contribution in [0.4, 0.5) is 14.5 Å². The number of carbonyl (C=O) groups is 1. The van der Waals surface area contributed by atoms with E-state index in [4.69, 9.17) is 0 Å². The predicted molar refractivity (Wildman–Crippen MR) is 78.6 cm³/mol. The zero-order valence-corrected chi connectivity index (χ0v) is 12.0. The minimum atomic E-state index is -3.61. The number of fused-ring (bicyclic) bond motifs is 1. The van der Waals surface area contributed by atoms with Crippen LogP contribution in [0, 0.1) is 0 Å². The van der Waals surface area contributed by atoms with Crippen molar-refractivity contribution in [3.05, 3.63) is 65.2 Å². The first-order chi connectivity index (χ1) is 10.4. The molecular weight excluding hydrogens is 288 g/mol. The molecule has 22 heavy (non-hydrogen) atoms. The van der Waals surface area contributed by atoms with Crippen LogP contribution in [-0.4, -0.2) is 11.0 Å². The quantitative estimate of drug-likeness (QED) is 0.944. The average molecular weight is 303 g/mol. The average Bonchev–Trinajstić information content (AvgIpc) is 2.69. The minimum absolute atomic E-state index is 0.0749. The fraction of sp³-hybridized carbons (Fsp3) is 0.235. The number of amides is 1. The lowest BCUT2D eigenvalue weighted by molar-refractivity contribution is -0.141. The van der Waals surface area contributed by atoms with E-state index in [1.165, 1.54) is 19.1 Å². The molecule has 1 unspecified atom stereocenters. The third-order valence-electron chi connectivity index (χ3n) is 3.83. The molecule has 1 atom stereocenters. The summed E-state index contributed by atoms with van der Waals surface area (Å²) >= 11 is 0. The molecule has 1 heterocycles. The number of aliphatic hydroxyl groups is 1. The van der Waals surface area contributed by atoms with Gasteiger partial charge in [-0.2, -0.15) is 8.78 Å². The Hall–Kier alpha value is -2.27. The fourth-order valence-corrected chi connectivity index (χ4v) is 2.78. The number of benzene rings is 2. The molecule has 1 aliphatic rings. The summed E-state index contributed by atoms with van der Waals surface area (Å²) in [6, 6.07) is 13.5. The number of anilines is 1. The summed E-state index contributed by atoms with van der Waals surface area (Å²) in [6.07, 6.45) is -1.06. The minimum Gasteiger partial charge on any atom is -0.389 e. The van der Waals surface area contributed by atoms with Crippen LogP contribution in [-0.2, 0) is 17.3 Å². The predicted octanol–water partition coefficient (Wildman–Crippen LogP) is 3.38. The summed E-state index contributed by atoms with van der Waals surface area (Å²) in [5, 5.41) is 9.72. The Morgan fingerprint density at radius 3 is 2.45 bits per heavy atom. The Labute approximate surface area is 126 Å². The van der Waals surface area contributed by atoms with E-state index in [1.54, 1.807) is 30.3 Å². The molecule has 1 amide bonds. The highest BCUT2D eigenvalue weighted by molar-refractivity contribution is 6.06. The van der Waals surface area contributed by atoms with Gasteiger partial charge in [-0.1, -0.05) is 42.5 Å². The lowest BCUT2D eigenvalue weighted by atomic mass is 9.98. The van der Waals surface area contributed by atoms with Gasteiger partial charge < -0.3 is 10.0 Å². The molecule has 3 nitrogen and oxygen atoms in total. The molecule has 3 rings (SSSR count). The van der Waals surface area contributed by atoms with Crippen molar-refractivity contribution in [2.24, 2.45) is 0 Å². The molecule has 0 bridgehead atoms. The molecule has 5 heteroatoms. The Morgan fingerprint density at radius 1 is 1.14 bits per heavy atom.